The lowest BCUT2D eigenvalue weighted by atomic mass is 9.87. The van der Waals surface area contributed by atoms with E-state index in [2.05, 4.69) is 15.2 Å². The number of carbonyl (C=O) groups is 2. The molecule has 40 heavy (non-hydrogen) atoms. The Morgan fingerprint density at radius 3 is 2.45 bits per heavy atom. The third-order valence-electron chi connectivity index (χ3n) is 7.77. The summed E-state index contributed by atoms with van der Waals surface area (Å²) in [5.74, 6) is -0.900. The van der Waals surface area contributed by atoms with E-state index in [9.17, 15) is 14.7 Å². The van der Waals surface area contributed by atoms with Crippen LogP contribution in [0.5, 0.6) is 5.75 Å². The van der Waals surface area contributed by atoms with Gasteiger partial charge in [0, 0.05) is 36.0 Å². The zero-order valence-electron chi connectivity index (χ0n) is 22.0. The van der Waals surface area contributed by atoms with Gasteiger partial charge in [-0.2, -0.15) is 5.10 Å². The minimum Gasteiger partial charge on any atom is -0.495 e. The van der Waals surface area contributed by atoms with Crippen LogP contribution in [0.1, 0.15) is 54.7 Å². The Balaban J connectivity index is 1.55. The summed E-state index contributed by atoms with van der Waals surface area (Å²) in [5, 5.41) is 24.1. The number of amides is 1. The quantitative estimate of drug-likeness (QED) is 0.341. The number of aromatic carboxylic acids is 1. The van der Waals surface area contributed by atoms with Crippen LogP contribution in [0, 0.1) is 0 Å². The first-order chi connectivity index (χ1) is 19.4. The molecule has 3 aromatic heterocycles. The van der Waals surface area contributed by atoms with Crippen molar-refractivity contribution in [3.63, 3.8) is 0 Å². The molecule has 2 bridgehead atoms. The van der Waals surface area contributed by atoms with Gasteiger partial charge >= 0.3 is 12.1 Å². The van der Waals surface area contributed by atoms with E-state index in [4.69, 9.17) is 26.2 Å². The number of ether oxygens (including phenoxy) is 2. The number of piperidine rings is 1. The Morgan fingerprint density at radius 2 is 1.80 bits per heavy atom. The number of halogens is 1. The van der Waals surface area contributed by atoms with E-state index in [0.29, 0.717) is 52.8 Å². The maximum atomic E-state index is 12.7. The average molecular weight is 563 g/mol. The summed E-state index contributed by atoms with van der Waals surface area (Å²) in [4.78, 5) is 31.1. The van der Waals surface area contributed by atoms with Gasteiger partial charge in [0.25, 0.3) is 0 Å². The van der Waals surface area contributed by atoms with Crippen LogP contribution in [-0.4, -0.2) is 72.7 Å². The summed E-state index contributed by atoms with van der Waals surface area (Å²) in [6, 6.07) is 8.94. The van der Waals surface area contributed by atoms with Crippen molar-refractivity contribution in [1.29, 1.82) is 0 Å². The molecule has 2 fully saturated rings. The van der Waals surface area contributed by atoms with E-state index in [-0.39, 0.29) is 29.8 Å². The summed E-state index contributed by atoms with van der Waals surface area (Å²) >= 11 is 6.32. The Bertz CT molecular complexity index is 1600. The fourth-order valence-electron chi connectivity index (χ4n) is 6.13. The molecule has 0 aliphatic carbocycles. The van der Waals surface area contributed by atoms with Gasteiger partial charge in [0.05, 0.1) is 30.0 Å². The smallest absolute Gasteiger partial charge is 0.410 e. The molecule has 2 unspecified atom stereocenters. The summed E-state index contributed by atoms with van der Waals surface area (Å²) in [5.41, 5.74) is 3.52. The number of carbonyl (C=O) groups excluding carboxylic acids is 1. The van der Waals surface area contributed by atoms with Gasteiger partial charge in [-0.3, -0.25) is 4.98 Å². The largest absolute Gasteiger partial charge is 0.495 e. The van der Waals surface area contributed by atoms with Gasteiger partial charge in [-0.25, -0.2) is 14.1 Å². The van der Waals surface area contributed by atoms with Crippen molar-refractivity contribution in [2.75, 3.05) is 13.7 Å². The van der Waals surface area contributed by atoms with Crippen molar-refractivity contribution < 1.29 is 24.2 Å². The molecule has 5 heterocycles. The van der Waals surface area contributed by atoms with Gasteiger partial charge in [-0.1, -0.05) is 17.7 Å². The Kier molecular flexibility index (Phi) is 6.75. The van der Waals surface area contributed by atoms with Gasteiger partial charge in [0.15, 0.2) is 11.3 Å². The summed E-state index contributed by atoms with van der Waals surface area (Å²) in [6.07, 6.45) is 5.84. The van der Waals surface area contributed by atoms with E-state index in [0.717, 1.165) is 24.0 Å². The number of pyridine rings is 1. The molecular formula is C28H27ClN6O5. The molecule has 206 valence electrons. The molecule has 0 spiro atoms. The number of nitrogens with zero attached hydrogens (tertiary/aromatic N) is 6. The normalized spacial score (nSPS) is 20.1. The first-order valence-corrected chi connectivity index (χ1v) is 13.5. The zero-order chi connectivity index (χ0) is 28.0. The van der Waals surface area contributed by atoms with Crippen molar-refractivity contribution >= 4 is 29.3 Å². The summed E-state index contributed by atoms with van der Waals surface area (Å²) in [7, 11) is 1.54. The SMILES string of the molecule is CCOC(=O)N1C2CCC1CC(c1c(C(=O)O)nnc3c(-c4ccc(Cl)c(OC)c4)c(-c4ccncc4)nn13)C2. The first kappa shape index (κ1) is 26.0. The number of methoxy groups -OCH3 is 1. The molecule has 2 saturated heterocycles. The number of fused-ring (bicyclic) bond motifs is 3. The monoisotopic (exact) mass is 562 g/mol. The second-order valence-corrected chi connectivity index (χ2v) is 10.3. The molecule has 2 atom stereocenters. The summed E-state index contributed by atoms with van der Waals surface area (Å²) < 4.78 is 12.4. The Labute approximate surface area is 234 Å². The minimum atomic E-state index is -1.18. The lowest BCUT2D eigenvalue weighted by Crippen LogP contribution is -2.46. The van der Waals surface area contributed by atoms with E-state index in [1.807, 2.05) is 23.1 Å². The van der Waals surface area contributed by atoms with Crippen LogP contribution in [0.3, 0.4) is 0 Å². The van der Waals surface area contributed by atoms with Crippen LogP contribution < -0.4 is 4.74 Å². The molecule has 4 aromatic rings. The lowest BCUT2D eigenvalue weighted by molar-refractivity contribution is 0.0646. The van der Waals surface area contributed by atoms with Crippen molar-refractivity contribution in [2.45, 2.75) is 50.6 Å². The third-order valence-corrected chi connectivity index (χ3v) is 8.08. The lowest BCUT2D eigenvalue weighted by Gasteiger charge is -2.38. The number of aromatic nitrogens is 5. The molecule has 1 N–H and O–H groups in total. The number of carboxylic acids is 1. The van der Waals surface area contributed by atoms with Gasteiger partial charge in [-0.05, 0) is 62.4 Å². The van der Waals surface area contributed by atoms with Gasteiger partial charge in [-0.15, -0.1) is 10.2 Å². The maximum absolute atomic E-state index is 12.7. The number of carboxylic acid groups (broad SMARTS) is 1. The number of hydrogen-bond acceptors (Lipinski definition) is 8. The fraction of sp³-hybridized carbons (Fsp3) is 0.357. The van der Waals surface area contributed by atoms with Crippen molar-refractivity contribution in [3.8, 4) is 28.1 Å². The number of rotatable bonds is 6. The molecule has 12 heteroatoms. The highest BCUT2D eigenvalue weighted by atomic mass is 35.5. The second-order valence-electron chi connectivity index (χ2n) is 9.94. The predicted octanol–water partition coefficient (Wildman–Crippen LogP) is 5.08. The zero-order valence-corrected chi connectivity index (χ0v) is 22.7. The highest BCUT2D eigenvalue weighted by Gasteiger charge is 2.46. The molecule has 2 aliphatic rings. The first-order valence-electron chi connectivity index (χ1n) is 13.1. The van der Waals surface area contributed by atoms with Gasteiger partial charge in [0.2, 0.25) is 0 Å². The number of benzene rings is 1. The molecule has 11 nitrogen and oxygen atoms in total. The third kappa shape index (κ3) is 4.30. The van der Waals surface area contributed by atoms with Crippen LogP contribution >= 0.6 is 11.6 Å². The molecule has 6 rings (SSSR count). The van der Waals surface area contributed by atoms with Crippen molar-refractivity contribution in [3.05, 3.63) is 59.1 Å². The Morgan fingerprint density at radius 1 is 1.07 bits per heavy atom. The van der Waals surface area contributed by atoms with Crippen molar-refractivity contribution in [2.24, 2.45) is 0 Å². The minimum absolute atomic E-state index is 0.0529. The molecule has 1 aromatic carbocycles. The van der Waals surface area contributed by atoms with Crippen LogP contribution in [0.15, 0.2) is 42.7 Å². The average Bonchev–Trinajstić information content (AvgIpc) is 3.48. The molecular weight excluding hydrogens is 536 g/mol. The highest BCUT2D eigenvalue weighted by Crippen LogP contribution is 2.45. The summed E-state index contributed by atoms with van der Waals surface area (Å²) in [6.45, 7) is 2.09. The molecule has 2 aliphatic heterocycles. The molecule has 0 saturated carbocycles. The van der Waals surface area contributed by atoms with Gasteiger partial charge < -0.3 is 19.5 Å². The van der Waals surface area contributed by atoms with Crippen LogP contribution in [0.2, 0.25) is 5.02 Å². The van der Waals surface area contributed by atoms with Gasteiger partial charge in [0.1, 0.15) is 11.4 Å². The van der Waals surface area contributed by atoms with Crippen LogP contribution in [0.4, 0.5) is 4.79 Å². The predicted molar refractivity (Wildman–Crippen MR) is 146 cm³/mol. The molecule has 1 amide bonds. The van der Waals surface area contributed by atoms with E-state index in [1.165, 1.54) is 0 Å². The standard InChI is InChI=1S/C28H27ClN6O5/c1-3-40-28(38)34-18-5-6-19(34)13-17(12-18)25-24(27(36)37)31-32-26-22(16-4-7-20(29)21(14-16)39-2)23(33-35(25)26)15-8-10-30-11-9-15/h4,7-11,14,17-19H,3,5-6,12-13H2,1-2H3,(H,36,37). The highest BCUT2D eigenvalue weighted by molar-refractivity contribution is 6.32. The Hall–Kier alpha value is -4.25. The molecule has 0 radical (unpaired) electrons. The van der Waals surface area contributed by atoms with Crippen LogP contribution in [0.25, 0.3) is 28.0 Å². The fourth-order valence-corrected chi connectivity index (χ4v) is 6.32. The van der Waals surface area contributed by atoms with Crippen LogP contribution in [-0.2, 0) is 4.74 Å². The van der Waals surface area contributed by atoms with Crippen molar-refractivity contribution in [1.82, 2.24) is 29.7 Å². The second kappa shape index (κ2) is 10.4. The van der Waals surface area contributed by atoms with E-state index < -0.39 is 5.97 Å². The number of hydrogen-bond donors (Lipinski definition) is 1. The maximum Gasteiger partial charge on any atom is 0.410 e. The van der Waals surface area contributed by atoms with E-state index in [1.54, 1.807) is 43.1 Å². The topological polar surface area (TPSA) is 132 Å². The van der Waals surface area contributed by atoms with E-state index >= 15 is 0 Å².